The van der Waals surface area contributed by atoms with Crippen LogP contribution in [0.25, 0.3) is 0 Å². The standard InChI is InChI=1S/C14H38O6Si4/c1-13(23(12,15-3)16-4)21(8,9)20-22(10,11)14(2)24(17-5,18-6)19-7/h13-14H,1-12H3. The third-order valence-corrected chi connectivity index (χ3v) is 26.7. The van der Waals surface area contributed by atoms with Gasteiger partial charge < -0.3 is 26.2 Å². The fourth-order valence-electron chi connectivity index (χ4n) is 3.13. The summed E-state index contributed by atoms with van der Waals surface area (Å²) in [6.07, 6.45) is 0. The molecule has 0 saturated carbocycles. The lowest BCUT2D eigenvalue weighted by atomic mass is 10.9. The molecule has 0 aromatic carbocycles. The molecule has 0 rings (SSSR count). The van der Waals surface area contributed by atoms with Crippen molar-refractivity contribution >= 4 is 34.0 Å². The van der Waals surface area contributed by atoms with Gasteiger partial charge in [-0.15, -0.1) is 0 Å². The van der Waals surface area contributed by atoms with E-state index < -0.39 is 34.0 Å². The van der Waals surface area contributed by atoms with Crippen LogP contribution in [0.2, 0.25) is 43.1 Å². The van der Waals surface area contributed by atoms with E-state index in [9.17, 15) is 0 Å². The molecular weight excluding hydrogens is 376 g/mol. The number of hydrogen-bond donors (Lipinski definition) is 0. The molecule has 0 fully saturated rings. The van der Waals surface area contributed by atoms with E-state index in [0.29, 0.717) is 0 Å². The summed E-state index contributed by atoms with van der Waals surface area (Å²) in [7, 11) is -0.781. The van der Waals surface area contributed by atoms with Crippen LogP contribution in [0.4, 0.5) is 0 Å². The van der Waals surface area contributed by atoms with Crippen molar-refractivity contribution in [3.05, 3.63) is 0 Å². The quantitative estimate of drug-likeness (QED) is 0.482. The third kappa shape index (κ3) is 5.08. The topological polar surface area (TPSA) is 55.4 Å². The van der Waals surface area contributed by atoms with E-state index in [2.05, 4.69) is 46.6 Å². The highest BCUT2D eigenvalue weighted by molar-refractivity contribution is 6.97. The summed E-state index contributed by atoms with van der Waals surface area (Å²) in [5.74, 6) is 0. The van der Waals surface area contributed by atoms with E-state index in [-0.39, 0.29) is 10.3 Å². The van der Waals surface area contributed by atoms with Gasteiger partial charge in [0.25, 0.3) is 0 Å². The zero-order valence-electron chi connectivity index (χ0n) is 17.6. The highest BCUT2D eigenvalue weighted by Crippen LogP contribution is 2.40. The Bertz CT molecular complexity index is 377. The molecule has 0 aliphatic carbocycles. The largest absolute Gasteiger partial charge is 0.502 e. The van der Waals surface area contributed by atoms with Crippen LogP contribution >= 0.6 is 0 Å². The monoisotopic (exact) mass is 414 g/mol. The van der Waals surface area contributed by atoms with Gasteiger partial charge in [0.05, 0.1) is 0 Å². The minimum absolute atomic E-state index is 0.113. The Morgan fingerprint density at radius 2 is 0.875 bits per heavy atom. The summed E-state index contributed by atoms with van der Waals surface area (Å²) in [5.41, 5.74) is 0. The minimum atomic E-state index is -2.75. The molecule has 0 spiro atoms. The van der Waals surface area contributed by atoms with E-state index in [1.165, 1.54) is 0 Å². The first kappa shape index (κ1) is 24.6. The average Bonchev–Trinajstić information content (AvgIpc) is 2.54. The second-order valence-corrected chi connectivity index (χ2v) is 24.5. The molecule has 0 aromatic heterocycles. The van der Waals surface area contributed by atoms with Gasteiger partial charge in [0.2, 0.25) is 0 Å². The van der Waals surface area contributed by atoms with Crippen molar-refractivity contribution in [1.29, 1.82) is 0 Å². The maximum atomic E-state index is 6.86. The van der Waals surface area contributed by atoms with Crippen LogP contribution in [0, 0.1) is 0 Å². The van der Waals surface area contributed by atoms with Crippen LogP contribution in [0.3, 0.4) is 0 Å². The Morgan fingerprint density at radius 1 is 0.542 bits per heavy atom. The van der Waals surface area contributed by atoms with Crippen molar-refractivity contribution < 1.29 is 26.2 Å². The second kappa shape index (κ2) is 9.02. The van der Waals surface area contributed by atoms with Gasteiger partial charge in [-0.1, -0.05) is 13.8 Å². The Hall–Kier alpha value is 0.628. The van der Waals surface area contributed by atoms with E-state index in [4.69, 9.17) is 26.2 Å². The van der Waals surface area contributed by atoms with Gasteiger partial charge >= 0.3 is 17.4 Å². The Balaban J connectivity index is 5.53. The van der Waals surface area contributed by atoms with Gasteiger partial charge in [-0.3, -0.25) is 0 Å². The maximum absolute atomic E-state index is 6.86. The van der Waals surface area contributed by atoms with Crippen LogP contribution in [-0.4, -0.2) is 69.5 Å². The van der Waals surface area contributed by atoms with Crippen LogP contribution < -0.4 is 0 Å². The highest BCUT2D eigenvalue weighted by Gasteiger charge is 2.57. The highest BCUT2D eigenvalue weighted by atomic mass is 28.5. The van der Waals surface area contributed by atoms with E-state index in [0.717, 1.165) is 0 Å². The molecule has 0 aliphatic rings. The van der Waals surface area contributed by atoms with Gasteiger partial charge in [0.1, 0.15) is 0 Å². The first-order valence-electron chi connectivity index (χ1n) is 8.28. The fraction of sp³-hybridized carbons (Fsp3) is 1.00. The lowest BCUT2D eigenvalue weighted by molar-refractivity contribution is 0.119. The summed E-state index contributed by atoms with van der Waals surface area (Å²) in [4.78, 5) is 0. The molecule has 0 radical (unpaired) electrons. The molecule has 0 heterocycles. The van der Waals surface area contributed by atoms with Crippen molar-refractivity contribution in [2.45, 2.75) is 56.9 Å². The lowest BCUT2D eigenvalue weighted by Crippen LogP contribution is -2.62. The summed E-state index contributed by atoms with van der Waals surface area (Å²) in [6.45, 7) is 15.4. The zero-order valence-corrected chi connectivity index (χ0v) is 21.6. The van der Waals surface area contributed by atoms with E-state index >= 15 is 0 Å². The number of hydrogen-bond acceptors (Lipinski definition) is 6. The van der Waals surface area contributed by atoms with Crippen LogP contribution in [0.15, 0.2) is 0 Å². The van der Waals surface area contributed by atoms with Gasteiger partial charge in [-0.05, 0) is 32.7 Å². The molecular formula is C14H38O6Si4. The SMILES string of the molecule is CO[Si](C)(OC)C(C)[Si](C)(C)O[Si](C)(C)C(C)[Si](OC)(OC)OC. The van der Waals surface area contributed by atoms with Crippen molar-refractivity contribution in [1.82, 2.24) is 0 Å². The zero-order chi connectivity index (χ0) is 19.4. The molecule has 2 atom stereocenters. The van der Waals surface area contributed by atoms with Crippen molar-refractivity contribution in [3.8, 4) is 0 Å². The smallest absolute Gasteiger partial charge is 0.455 e. The van der Waals surface area contributed by atoms with Crippen molar-refractivity contribution in [2.75, 3.05) is 35.5 Å². The average molecular weight is 415 g/mol. The summed E-state index contributed by atoms with van der Waals surface area (Å²) < 4.78 is 35.5. The minimum Gasteiger partial charge on any atom is -0.455 e. The van der Waals surface area contributed by atoms with Crippen LogP contribution in [0.5, 0.6) is 0 Å². The summed E-state index contributed by atoms with van der Waals surface area (Å²) in [5, 5.41) is 0.393. The molecule has 0 N–H and O–H groups in total. The molecule has 2 unspecified atom stereocenters. The Morgan fingerprint density at radius 3 is 1.17 bits per heavy atom. The summed E-state index contributed by atoms with van der Waals surface area (Å²) >= 11 is 0. The molecule has 146 valence electrons. The Labute approximate surface area is 153 Å². The molecule has 0 bridgehead atoms. The molecule has 0 amide bonds. The fourth-order valence-corrected chi connectivity index (χ4v) is 23.7. The van der Waals surface area contributed by atoms with Gasteiger partial charge in [-0.2, -0.15) is 0 Å². The lowest BCUT2D eigenvalue weighted by Gasteiger charge is -2.46. The second-order valence-electron chi connectivity index (χ2n) is 7.39. The van der Waals surface area contributed by atoms with Crippen molar-refractivity contribution in [3.63, 3.8) is 0 Å². The van der Waals surface area contributed by atoms with Gasteiger partial charge in [0.15, 0.2) is 16.6 Å². The van der Waals surface area contributed by atoms with E-state index in [1.54, 1.807) is 35.5 Å². The van der Waals surface area contributed by atoms with Gasteiger partial charge in [0, 0.05) is 45.9 Å². The first-order valence-corrected chi connectivity index (χ1v) is 18.4. The maximum Gasteiger partial charge on any atom is 0.502 e. The van der Waals surface area contributed by atoms with E-state index in [1.807, 2.05) is 0 Å². The van der Waals surface area contributed by atoms with Gasteiger partial charge in [-0.25, -0.2) is 0 Å². The molecule has 0 aromatic rings. The third-order valence-electron chi connectivity index (χ3n) is 5.59. The molecule has 10 heteroatoms. The summed E-state index contributed by atoms with van der Waals surface area (Å²) in [6, 6.07) is 0. The van der Waals surface area contributed by atoms with Crippen LogP contribution in [-0.2, 0) is 26.2 Å². The van der Waals surface area contributed by atoms with Crippen molar-refractivity contribution in [2.24, 2.45) is 0 Å². The van der Waals surface area contributed by atoms with Crippen LogP contribution in [0.1, 0.15) is 13.8 Å². The predicted molar refractivity (Wildman–Crippen MR) is 107 cm³/mol. The molecule has 24 heavy (non-hydrogen) atoms. The number of rotatable bonds is 11. The first-order chi connectivity index (χ1) is 10.8. The Kier molecular flexibility index (Phi) is 9.25. The molecule has 0 aliphatic heterocycles. The predicted octanol–water partition coefficient (Wildman–Crippen LogP) is 3.51. The normalized spacial score (nSPS) is 17.0. The molecule has 0 saturated heterocycles. The molecule has 6 nitrogen and oxygen atoms in total.